The van der Waals surface area contributed by atoms with Gasteiger partial charge in [-0.25, -0.2) is 8.42 Å². The van der Waals surface area contributed by atoms with E-state index in [1.165, 1.54) is 15.5 Å². The normalized spacial score (nSPS) is 17.8. The van der Waals surface area contributed by atoms with Crippen LogP contribution < -0.4 is 0 Å². The van der Waals surface area contributed by atoms with E-state index in [4.69, 9.17) is 0 Å². The monoisotopic (exact) mass is 471 g/mol. The summed E-state index contributed by atoms with van der Waals surface area (Å²) in [6.45, 7) is 21.1. The molecule has 0 saturated heterocycles. The van der Waals surface area contributed by atoms with Crippen LogP contribution in [0.15, 0.2) is 76.3 Å². The molecule has 2 rings (SSSR count). The topological polar surface area (TPSA) is 57.6 Å². The Balaban J connectivity index is 2.31. The van der Waals surface area contributed by atoms with Crippen molar-refractivity contribution in [2.45, 2.75) is 71.8 Å². The molecule has 0 aliphatic heterocycles. The van der Waals surface area contributed by atoms with Crippen LogP contribution in [-0.4, -0.2) is 37.0 Å². The molecule has 0 saturated carbocycles. The second-order valence-electron chi connectivity index (χ2n) is 10.1. The fourth-order valence-electron chi connectivity index (χ4n) is 4.09. The lowest BCUT2D eigenvalue weighted by molar-refractivity contribution is 0.0783. The first-order valence-corrected chi connectivity index (χ1v) is 13.2. The lowest BCUT2D eigenvalue weighted by Gasteiger charge is -2.32. The van der Waals surface area contributed by atoms with E-state index in [1.807, 2.05) is 32.9 Å². The molecule has 4 nitrogen and oxygen atoms in total. The molecule has 1 aromatic carbocycles. The Morgan fingerprint density at radius 1 is 1.18 bits per heavy atom. The standard InChI is InChI=1S/C28H41NO3S/c1-19(2)23(7)15-22(6)17-29(33(31,32)26-12-9-21(5)10-13-26)18-25-11-14-27(24(8)16-25)28(30)20(3)4/h9-13,20,27-28,30H,6,8,14-18H2,1-5,7H3/t27-,28+/m0/s1. The fourth-order valence-corrected chi connectivity index (χ4v) is 5.56. The SMILES string of the molecule is C=C(CC(C)=C(C)C)CN(CC1=CC[C@H]([C@H](O)C(C)C)C(=C)C1)S(=O)(=O)c1ccc(C)cc1. The lowest BCUT2D eigenvalue weighted by Crippen LogP contribution is -2.36. The molecule has 182 valence electrons. The molecule has 2 atom stereocenters. The van der Waals surface area contributed by atoms with Gasteiger partial charge in [-0.3, -0.25) is 0 Å². The van der Waals surface area contributed by atoms with Gasteiger partial charge < -0.3 is 5.11 Å². The summed E-state index contributed by atoms with van der Waals surface area (Å²) >= 11 is 0. The summed E-state index contributed by atoms with van der Waals surface area (Å²) in [5, 5.41) is 10.5. The summed E-state index contributed by atoms with van der Waals surface area (Å²) < 4.78 is 28.7. The molecule has 0 aromatic heterocycles. The second kappa shape index (κ2) is 11.5. The molecule has 0 heterocycles. The minimum absolute atomic E-state index is 0.0196. The Morgan fingerprint density at radius 2 is 1.79 bits per heavy atom. The zero-order chi connectivity index (χ0) is 24.9. The number of hydrogen-bond donors (Lipinski definition) is 1. The van der Waals surface area contributed by atoms with Gasteiger partial charge in [-0.1, -0.05) is 78.6 Å². The molecule has 1 aliphatic carbocycles. The van der Waals surface area contributed by atoms with E-state index in [0.29, 0.717) is 30.7 Å². The van der Waals surface area contributed by atoms with Crippen molar-refractivity contribution >= 4 is 10.0 Å². The van der Waals surface area contributed by atoms with Gasteiger partial charge in [0.05, 0.1) is 11.0 Å². The predicted molar refractivity (Wildman–Crippen MR) is 139 cm³/mol. The van der Waals surface area contributed by atoms with Crippen LogP contribution in [-0.2, 0) is 10.0 Å². The number of allylic oxidation sites excluding steroid dienone is 3. The summed E-state index contributed by atoms with van der Waals surface area (Å²) in [4.78, 5) is 0.295. The average molecular weight is 472 g/mol. The van der Waals surface area contributed by atoms with Crippen LogP contribution in [0.3, 0.4) is 0 Å². The largest absolute Gasteiger partial charge is 0.392 e. The molecular weight excluding hydrogens is 430 g/mol. The lowest BCUT2D eigenvalue weighted by atomic mass is 9.79. The number of aryl methyl sites for hydroxylation is 1. The van der Waals surface area contributed by atoms with Gasteiger partial charge >= 0.3 is 0 Å². The molecule has 0 fully saturated rings. The Morgan fingerprint density at radius 3 is 2.30 bits per heavy atom. The van der Waals surface area contributed by atoms with Crippen molar-refractivity contribution in [2.24, 2.45) is 11.8 Å². The highest BCUT2D eigenvalue weighted by Gasteiger charge is 2.30. The molecule has 1 aliphatic rings. The van der Waals surface area contributed by atoms with Crippen LogP contribution in [0.2, 0.25) is 0 Å². The summed E-state index contributed by atoms with van der Waals surface area (Å²) in [6, 6.07) is 7.00. The Hall–Kier alpha value is -1.95. The Labute approximate surface area is 201 Å². The van der Waals surface area contributed by atoms with Crippen molar-refractivity contribution in [1.82, 2.24) is 4.31 Å². The molecule has 1 N–H and O–H groups in total. The van der Waals surface area contributed by atoms with Crippen molar-refractivity contribution in [1.29, 1.82) is 0 Å². The molecule has 0 amide bonds. The number of sulfonamides is 1. The minimum atomic E-state index is -3.69. The number of rotatable bonds is 10. The first-order valence-electron chi connectivity index (χ1n) is 11.7. The predicted octanol–water partition coefficient (Wildman–Crippen LogP) is 6.20. The van der Waals surface area contributed by atoms with E-state index in [9.17, 15) is 13.5 Å². The van der Waals surface area contributed by atoms with E-state index >= 15 is 0 Å². The fraction of sp³-hybridized carbons (Fsp3) is 0.500. The van der Waals surface area contributed by atoms with Crippen LogP contribution >= 0.6 is 0 Å². The molecule has 5 heteroatoms. The van der Waals surface area contributed by atoms with Crippen molar-refractivity contribution in [2.75, 3.05) is 13.1 Å². The first kappa shape index (κ1) is 27.3. The molecule has 0 unspecified atom stereocenters. The average Bonchev–Trinajstić information content (AvgIpc) is 2.73. The van der Waals surface area contributed by atoms with Gasteiger partial charge in [0.15, 0.2) is 0 Å². The van der Waals surface area contributed by atoms with Gasteiger partial charge in [0.2, 0.25) is 10.0 Å². The zero-order valence-corrected chi connectivity index (χ0v) is 22.0. The third kappa shape index (κ3) is 7.26. The first-order chi connectivity index (χ1) is 15.3. The summed E-state index contributed by atoms with van der Waals surface area (Å²) in [7, 11) is -3.69. The molecule has 0 bridgehead atoms. The van der Waals surface area contributed by atoms with Gasteiger partial charge in [0.25, 0.3) is 0 Å². The van der Waals surface area contributed by atoms with Crippen LogP contribution in [0.4, 0.5) is 0 Å². The molecule has 0 radical (unpaired) electrons. The highest BCUT2D eigenvalue weighted by molar-refractivity contribution is 7.89. The summed E-state index contributed by atoms with van der Waals surface area (Å²) in [6.07, 6.45) is 3.62. The maximum Gasteiger partial charge on any atom is 0.243 e. The van der Waals surface area contributed by atoms with E-state index in [1.54, 1.807) is 12.1 Å². The van der Waals surface area contributed by atoms with Gasteiger partial charge in [-0.05, 0) is 65.0 Å². The van der Waals surface area contributed by atoms with Gasteiger partial charge in [-0.2, -0.15) is 4.31 Å². The quantitative estimate of drug-likeness (QED) is 0.414. The summed E-state index contributed by atoms with van der Waals surface area (Å²) in [5.74, 6) is 0.174. The van der Waals surface area contributed by atoms with E-state index in [0.717, 1.165) is 22.3 Å². The summed E-state index contributed by atoms with van der Waals surface area (Å²) in [5.41, 5.74) is 6.32. The van der Waals surface area contributed by atoms with Crippen LogP contribution in [0.5, 0.6) is 0 Å². The molecule has 1 aromatic rings. The Kier molecular flexibility index (Phi) is 9.48. The van der Waals surface area contributed by atoms with Crippen LogP contribution in [0, 0.1) is 18.8 Å². The number of benzene rings is 1. The maximum absolute atomic E-state index is 13.6. The van der Waals surface area contributed by atoms with Crippen molar-refractivity contribution in [3.8, 4) is 0 Å². The number of aliphatic hydroxyl groups excluding tert-OH is 1. The van der Waals surface area contributed by atoms with Crippen LogP contribution in [0.25, 0.3) is 0 Å². The van der Waals surface area contributed by atoms with Crippen molar-refractivity contribution in [3.63, 3.8) is 0 Å². The van der Waals surface area contributed by atoms with E-state index in [-0.39, 0.29) is 18.4 Å². The number of nitrogens with zero attached hydrogens (tertiary/aromatic N) is 1. The van der Waals surface area contributed by atoms with Gasteiger partial charge in [-0.15, -0.1) is 0 Å². The van der Waals surface area contributed by atoms with Gasteiger partial charge in [0.1, 0.15) is 0 Å². The van der Waals surface area contributed by atoms with E-state index < -0.39 is 16.1 Å². The smallest absolute Gasteiger partial charge is 0.243 e. The highest BCUT2D eigenvalue weighted by Crippen LogP contribution is 2.34. The third-order valence-electron chi connectivity index (χ3n) is 6.54. The minimum Gasteiger partial charge on any atom is -0.392 e. The molecule has 33 heavy (non-hydrogen) atoms. The number of aliphatic hydroxyl groups is 1. The Bertz CT molecular complexity index is 1030. The number of hydrogen-bond acceptors (Lipinski definition) is 3. The maximum atomic E-state index is 13.6. The van der Waals surface area contributed by atoms with Gasteiger partial charge in [0, 0.05) is 19.0 Å². The zero-order valence-electron chi connectivity index (χ0n) is 21.2. The molecule has 0 spiro atoms. The van der Waals surface area contributed by atoms with Crippen molar-refractivity contribution in [3.05, 3.63) is 76.9 Å². The van der Waals surface area contributed by atoms with Crippen molar-refractivity contribution < 1.29 is 13.5 Å². The van der Waals surface area contributed by atoms with Crippen LogP contribution in [0.1, 0.15) is 59.4 Å². The molecular formula is C28H41NO3S. The second-order valence-corrected chi connectivity index (χ2v) is 12.0. The third-order valence-corrected chi connectivity index (χ3v) is 8.35. The highest BCUT2D eigenvalue weighted by atomic mass is 32.2. The van der Waals surface area contributed by atoms with E-state index in [2.05, 4.69) is 40.0 Å².